The molecular weight excluding hydrogens is 545 g/mol. The second-order valence-electron chi connectivity index (χ2n) is 9.89. The van der Waals surface area contributed by atoms with E-state index in [4.69, 9.17) is 16.3 Å². The number of likely N-dealkylation sites (tertiary alicyclic amines) is 2. The van der Waals surface area contributed by atoms with Crippen LogP contribution < -0.4 is 10.1 Å². The van der Waals surface area contributed by atoms with Crippen LogP contribution in [0.1, 0.15) is 54.5 Å². The molecule has 2 aliphatic rings. The van der Waals surface area contributed by atoms with Crippen LogP contribution in [0.2, 0.25) is 5.02 Å². The number of carbonyl (C=O) groups is 3. The Bertz CT molecular complexity index is 1200. The smallest absolute Gasteiger partial charge is 0.471 e. The van der Waals surface area contributed by atoms with E-state index in [9.17, 15) is 27.6 Å². The van der Waals surface area contributed by atoms with E-state index in [1.807, 2.05) is 5.32 Å². The zero-order chi connectivity index (χ0) is 27.7. The molecule has 0 aliphatic carbocycles. The fraction of sp³-hybridized carbons (Fsp3) is 0.520. The third-order valence-corrected chi connectivity index (χ3v) is 7.98. The van der Waals surface area contributed by atoms with Crippen LogP contribution >= 0.6 is 22.9 Å². The van der Waals surface area contributed by atoms with E-state index in [1.54, 1.807) is 48.4 Å². The number of piperidine rings is 1. The molecule has 2 fully saturated rings. The third kappa shape index (κ3) is 6.40. The van der Waals surface area contributed by atoms with Crippen molar-refractivity contribution in [1.29, 1.82) is 0 Å². The van der Waals surface area contributed by atoms with Gasteiger partial charge in [0, 0.05) is 43.5 Å². The molecule has 4 rings (SSSR count). The lowest BCUT2D eigenvalue weighted by Gasteiger charge is -2.36. The molecule has 13 heteroatoms. The van der Waals surface area contributed by atoms with Crippen molar-refractivity contribution >= 4 is 40.7 Å². The Balaban J connectivity index is 1.29. The number of alkyl halides is 3. The van der Waals surface area contributed by atoms with E-state index >= 15 is 0 Å². The van der Waals surface area contributed by atoms with Gasteiger partial charge in [-0.1, -0.05) is 23.7 Å². The quantitative estimate of drug-likeness (QED) is 0.559. The number of halogens is 4. The summed E-state index contributed by atoms with van der Waals surface area (Å²) in [4.78, 5) is 44.9. The van der Waals surface area contributed by atoms with Gasteiger partial charge in [-0.2, -0.15) is 13.2 Å². The van der Waals surface area contributed by atoms with Crippen molar-refractivity contribution in [3.63, 3.8) is 0 Å². The number of amides is 3. The van der Waals surface area contributed by atoms with E-state index in [2.05, 4.69) is 4.98 Å². The Hall–Kier alpha value is -2.86. The summed E-state index contributed by atoms with van der Waals surface area (Å²) in [5.41, 5.74) is -0.869. The summed E-state index contributed by atoms with van der Waals surface area (Å²) in [7, 11) is 0. The van der Waals surface area contributed by atoms with Gasteiger partial charge in [0.2, 0.25) is 0 Å². The molecule has 0 spiro atoms. The Kier molecular flexibility index (Phi) is 8.22. The molecule has 38 heavy (non-hydrogen) atoms. The van der Waals surface area contributed by atoms with Crippen LogP contribution in [0.15, 0.2) is 29.6 Å². The number of carbonyl (C=O) groups excluding carboxylic acids is 3. The molecule has 1 aromatic heterocycles. The predicted molar refractivity (Wildman–Crippen MR) is 135 cm³/mol. The lowest BCUT2D eigenvalue weighted by atomic mass is 9.96. The molecule has 1 aromatic carbocycles. The molecule has 3 heterocycles. The molecule has 2 aliphatic heterocycles. The summed E-state index contributed by atoms with van der Waals surface area (Å²) < 4.78 is 43.4. The van der Waals surface area contributed by atoms with Gasteiger partial charge in [0.25, 0.3) is 11.8 Å². The highest BCUT2D eigenvalue weighted by Crippen LogP contribution is 2.33. The van der Waals surface area contributed by atoms with Crippen LogP contribution in [0.5, 0.6) is 5.75 Å². The number of ether oxygens (including phenoxy) is 1. The second-order valence-corrected chi connectivity index (χ2v) is 11.2. The van der Waals surface area contributed by atoms with Crippen molar-refractivity contribution < 1.29 is 32.3 Å². The minimum absolute atomic E-state index is 0.0000630. The van der Waals surface area contributed by atoms with Crippen LogP contribution in [0, 0.1) is 0 Å². The first-order valence-electron chi connectivity index (χ1n) is 12.2. The van der Waals surface area contributed by atoms with Crippen LogP contribution in [0.3, 0.4) is 0 Å². The van der Waals surface area contributed by atoms with E-state index in [1.165, 1.54) is 16.2 Å². The summed E-state index contributed by atoms with van der Waals surface area (Å²) >= 11 is 7.53. The van der Waals surface area contributed by atoms with Crippen molar-refractivity contribution in [1.82, 2.24) is 20.1 Å². The summed E-state index contributed by atoms with van der Waals surface area (Å²) in [5.74, 6) is -2.00. The largest absolute Gasteiger partial charge is 0.476 e. The van der Waals surface area contributed by atoms with Crippen molar-refractivity contribution in [2.24, 2.45) is 0 Å². The topological polar surface area (TPSA) is 91.8 Å². The van der Waals surface area contributed by atoms with Gasteiger partial charge in [0.05, 0.1) is 10.0 Å². The fourth-order valence-corrected chi connectivity index (χ4v) is 5.76. The molecule has 3 amide bonds. The number of nitrogens with one attached hydrogen (secondary N) is 1. The highest BCUT2D eigenvalue weighted by molar-refractivity contribution is 7.09. The fourth-order valence-electron chi connectivity index (χ4n) is 4.62. The Morgan fingerprint density at radius 3 is 2.39 bits per heavy atom. The van der Waals surface area contributed by atoms with E-state index in [-0.39, 0.29) is 42.9 Å². The van der Waals surface area contributed by atoms with Crippen LogP contribution in [0.25, 0.3) is 0 Å². The van der Waals surface area contributed by atoms with Gasteiger partial charge in [-0.05, 0) is 45.2 Å². The molecule has 2 saturated heterocycles. The highest BCUT2D eigenvalue weighted by Gasteiger charge is 2.41. The Labute approximate surface area is 227 Å². The maximum Gasteiger partial charge on any atom is 0.471 e. The van der Waals surface area contributed by atoms with E-state index < -0.39 is 23.7 Å². The molecule has 0 radical (unpaired) electrons. The molecule has 0 saturated carbocycles. The summed E-state index contributed by atoms with van der Waals surface area (Å²) in [5, 5.41) is 4.79. The highest BCUT2D eigenvalue weighted by atomic mass is 35.5. The molecule has 1 N–H and O–H groups in total. The standard InChI is InChI=1S/C25H28ClF3N4O4S/c1-24(2,37-19-6-4-3-5-17(19)26)23(36)32-10-7-15(8-11-32)20-31-18(14-38-20)21(34)33-12-9-16(13-33)30-22(35)25(27,28)29/h3-6,14-16H,7-13H2,1-2H3,(H,30,35). The third-order valence-electron chi connectivity index (χ3n) is 6.66. The lowest BCUT2D eigenvalue weighted by Crippen LogP contribution is -2.51. The number of aromatic nitrogens is 1. The van der Waals surface area contributed by atoms with Crippen molar-refractivity contribution in [2.75, 3.05) is 26.2 Å². The zero-order valence-electron chi connectivity index (χ0n) is 20.9. The van der Waals surface area contributed by atoms with Gasteiger partial charge in [-0.3, -0.25) is 14.4 Å². The normalized spacial score (nSPS) is 18.9. The van der Waals surface area contributed by atoms with Crippen LogP contribution in [0.4, 0.5) is 13.2 Å². The first-order chi connectivity index (χ1) is 17.8. The predicted octanol–water partition coefficient (Wildman–Crippen LogP) is 4.25. The second kappa shape index (κ2) is 11.1. The number of thiazole rings is 1. The van der Waals surface area contributed by atoms with Gasteiger partial charge in [0.15, 0.2) is 5.60 Å². The molecule has 206 valence electrons. The maximum atomic E-state index is 13.2. The first-order valence-corrected chi connectivity index (χ1v) is 13.5. The Morgan fingerprint density at radius 1 is 1.08 bits per heavy atom. The van der Waals surface area contributed by atoms with Crippen LogP contribution in [-0.4, -0.2) is 76.5 Å². The summed E-state index contributed by atoms with van der Waals surface area (Å²) in [6.45, 7) is 4.67. The molecule has 8 nitrogen and oxygen atoms in total. The summed E-state index contributed by atoms with van der Waals surface area (Å²) in [6, 6.07) is 6.23. The number of hydrogen-bond donors (Lipinski definition) is 1. The molecule has 0 bridgehead atoms. The number of hydrogen-bond acceptors (Lipinski definition) is 6. The summed E-state index contributed by atoms with van der Waals surface area (Å²) in [6.07, 6.45) is -3.37. The van der Waals surface area contributed by atoms with Gasteiger partial charge in [-0.15, -0.1) is 11.3 Å². The van der Waals surface area contributed by atoms with E-state index in [0.717, 1.165) is 5.01 Å². The minimum atomic E-state index is -4.96. The monoisotopic (exact) mass is 572 g/mol. The van der Waals surface area contributed by atoms with Crippen molar-refractivity contribution in [3.8, 4) is 5.75 Å². The molecule has 2 aromatic rings. The Morgan fingerprint density at radius 2 is 1.74 bits per heavy atom. The van der Waals surface area contributed by atoms with Gasteiger partial charge >= 0.3 is 12.1 Å². The molecular formula is C25H28ClF3N4O4S. The number of benzene rings is 1. The zero-order valence-corrected chi connectivity index (χ0v) is 22.5. The lowest BCUT2D eigenvalue weighted by molar-refractivity contribution is -0.174. The molecule has 1 unspecified atom stereocenters. The maximum absolute atomic E-state index is 13.2. The number of rotatable bonds is 6. The van der Waals surface area contributed by atoms with Gasteiger partial charge in [0.1, 0.15) is 11.4 Å². The van der Waals surface area contributed by atoms with Gasteiger partial charge in [-0.25, -0.2) is 4.98 Å². The number of para-hydroxylation sites is 1. The van der Waals surface area contributed by atoms with E-state index in [0.29, 0.717) is 36.7 Å². The van der Waals surface area contributed by atoms with Crippen LogP contribution in [-0.2, 0) is 9.59 Å². The average Bonchev–Trinajstić information content (AvgIpc) is 3.54. The van der Waals surface area contributed by atoms with Crippen molar-refractivity contribution in [3.05, 3.63) is 45.4 Å². The number of nitrogens with zero attached hydrogens (tertiary/aromatic N) is 3. The minimum Gasteiger partial charge on any atom is -0.476 e. The first kappa shape index (κ1) is 28.2. The SMILES string of the molecule is CC(C)(Oc1ccccc1Cl)C(=O)N1CCC(c2nc(C(=O)N3CCC(NC(=O)C(F)(F)F)C3)cs2)CC1. The van der Waals surface area contributed by atoms with Gasteiger partial charge < -0.3 is 19.9 Å². The average molecular weight is 573 g/mol. The van der Waals surface area contributed by atoms with Crippen molar-refractivity contribution in [2.45, 2.75) is 56.8 Å². The molecule has 1 atom stereocenters.